The fourth-order valence-corrected chi connectivity index (χ4v) is 3.82. The van der Waals surface area contributed by atoms with Crippen molar-refractivity contribution in [3.63, 3.8) is 0 Å². The summed E-state index contributed by atoms with van der Waals surface area (Å²) in [6.45, 7) is 1.66. The smallest absolute Gasteiger partial charge is 0.342 e. The number of hydrogen-bond donors (Lipinski definition) is 1. The summed E-state index contributed by atoms with van der Waals surface area (Å²) in [6, 6.07) is 4.66. The van der Waals surface area contributed by atoms with Gasteiger partial charge in [-0.2, -0.15) is 13.2 Å². The van der Waals surface area contributed by atoms with E-state index in [2.05, 4.69) is 5.32 Å². The molecule has 4 nitrogen and oxygen atoms in total. The molecule has 1 saturated carbocycles. The van der Waals surface area contributed by atoms with Crippen LogP contribution in [0.2, 0.25) is 0 Å². The molecule has 0 spiro atoms. The second-order valence-corrected chi connectivity index (χ2v) is 7.15. The summed E-state index contributed by atoms with van der Waals surface area (Å²) in [7, 11) is 0. The van der Waals surface area contributed by atoms with Gasteiger partial charge in [-0.05, 0) is 56.7 Å². The van der Waals surface area contributed by atoms with E-state index in [4.69, 9.17) is 0 Å². The highest BCUT2D eigenvalue weighted by atomic mass is 19.4. The van der Waals surface area contributed by atoms with Gasteiger partial charge >= 0.3 is 6.18 Å². The molecule has 0 unspecified atom stereocenters. The van der Waals surface area contributed by atoms with E-state index < -0.39 is 11.7 Å². The molecular weight excluding hydrogens is 345 g/mol. The van der Waals surface area contributed by atoms with Crippen LogP contribution in [0.25, 0.3) is 0 Å². The molecule has 1 heterocycles. The van der Waals surface area contributed by atoms with Gasteiger partial charge in [0.15, 0.2) is 0 Å². The number of rotatable bonds is 3. The monoisotopic (exact) mass is 368 g/mol. The minimum atomic E-state index is -4.44. The van der Waals surface area contributed by atoms with E-state index >= 15 is 0 Å². The van der Waals surface area contributed by atoms with Gasteiger partial charge in [-0.15, -0.1) is 0 Å². The second kappa shape index (κ2) is 7.68. The molecule has 142 valence electrons. The topological polar surface area (TPSA) is 49.4 Å². The Morgan fingerprint density at radius 3 is 2.23 bits per heavy atom. The quantitative estimate of drug-likeness (QED) is 0.874. The van der Waals surface area contributed by atoms with Crippen LogP contribution in [0.4, 0.5) is 18.9 Å². The van der Waals surface area contributed by atoms with Crippen molar-refractivity contribution in [1.82, 2.24) is 4.90 Å². The summed E-state index contributed by atoms with van der Waals surface area (Å²) in [4.78, 5) is 26.7. The number of carbonyl (C=O) groups is 2. The van der Waals surface area contributed by atoms with Crippen LogP contribution in [-0.4, -0.2) is 29.8 Å². The lowest BCUT2D eigenvalue weighted by molar-refractivity contribution is -0.137. The van der Waals surface area contributed by atoms with Gasteiger partial charge in [0, 0.05) is 30.6 Å². The third-order valence-electron chi connectivity index (χ3n) is 5.32. The number of likely N-dealkylation sites (tertiary alicyclic amines) is 1. The molecule has 2 amide bonds. The molecule has 3 rings (SSSR count). The third kappa shape index (κ3) is 4.37. The Balaban J connectivity index is 1.53. The van der Waals surface area contributed by atoms with Gasteiger partial charge in [-0.1, -0.05) is 6.07 Å². The minimum Gasteiger partial charge on any atom is -0.342 e. The number of halogens is 3. The largest absolute Gasteiger partial charge is 0.416 e. The van der Waals surface area contributed by atoms with Crippen molar-refractivity contribution in [2.24, 2.45) is 11.8 Å². The molecule has 0 aromatic heterocycles. The molecule has 0 bridgehead atoms. The fraction of sp³-hybridized carbons (Fsp3) is 0.579. The molecule has 1 aliphatic heterocycles. The lowest BCUT2D eigenvalue weighted by atomic mass is 9.81. The Labute approximate surface area is 150 Å². The standard InChI is InChI=1S/C19H23F3N2O2/c20-19(21,22)15-4-3-5-16(12-15)23-17(25)13-6-8-14(9-7-13)18(26)24-10-1-2-11-24/h3-5,12-14H,1-2,6-11H2,(H,23,25). The van der Waals surface area contributed by atoms with E-state index in [1.165, 1.54) is 12.1 Å². The fourth-order valence-electron chi connectivity index (χ4n) is 3.82. The number of amides is 2. The normalized spacial score (nSPS) is 23.7. The van der Waals surface area contributed by atoms with Gasteiger partial charge in [0.1, 0.15) is 0 Å². The number of hydrogen-bond acceptors (Lipinski definition) is 2. The van der Waals surface area contributed by atoms with E-state index in [0.29, 0.717) is 25.7 Å². The minimum absolute atomic E-state index is 0.0225. The van der Waals surface area contributed by atoms with Gasteiger partial charge in [0.2, 0.25) is 11.8 Å². The highest BCUT2D eigenvalue weighted by Crippen LogP contribution is 2.33. The van der Waals surface area contributed by atoms with Crippen LogP contribution in [0.1, 0.15) is 44.1 Å². The number of carbonyl (C=O) groups excluding carboxylic acids is 2. The lowest BCUT2D eigenvalue weighted by Crippen LogP contribution is -2.37. The summed E-state index contributed by atoms with van der Waals surface area (Å²) in [5, 5.41) is 2.59. The maximum Gasteiger partial charge on any atom is 0.416 e. The van der Waals surface area contributed by atoms with Crippen molar-refractivity contribution in [1.29, 1.82) is 0 Å². The molecule has 2 fully saturated rings. The number of anilines is 1. The van der Waals surface area contributed by atoms with Crippen molar-refractivity contribution in [3.05, 3.63) is 29.8 Å². The van der Waals surface area contributed by atoms with Crippen LogP contribution in [0.15, 0.2) is 24.3 Å². The van der Waals surface area contributed by atoms with Crippen LogP contribution < -0.4 is 5.32 Å². The summed E-state index contributed by atoms with van der Waals surface area (Å²) < 4.78 is 38.3. The molecule has 2 aliphatic rings. The Kier molecular flexibility index (Phi) is 5.53. The van der Waals surface area contributed by atoms with Gasteiger partial charge in [0.25, 0.3) is 0 Å². The first-order chi connectivity index (χ1) is 12.3. The Morgan fingerprint density at radius 2 is 1.62 bits per heavy atom. The van der Waals surface area contributed by atoms with Crippen molar-refractivity contribution >= 4 is 17.5 Å². The molecule has 1 aromatic rings. The van der Waals surface area contributed by atoms with Crippen molar-refractivity contribution in [2.75, 3.05) is 18.4 Å². The van der Waals surface area contributed by atoms with Crippen LogP contribution in [0.3, 0.4) is 0 Å². The first kappa shape index (κ1) is 18.7. The van der Waals surface area contributed by atoms with Gasteiger partial charge < -0.3 is 10.2 Å². The molecule has 7 heteroatoms. The predicted octanol–water partition coefficient (Wildman–Crippen LogP) is 4.07. The molecule has 0 radical (unpaired) electrons. The highest BCUT2D eigenvalue weighted by Gasteiger charge is 2.33. The molecule has 26 heavy (non-hydrogen) atoms. The zero-order valence-corrected chi connectivity index (χ0v) is 14.5. The second-order valence-electron chi connectivity index (χ2n) is 7.15. The number of nitrogens with zero attached hydrogens (tertiary/aromatic N) is 1. The lowest BCUT2D eigenvalue weighted by Gasteiger charge is -2.29. The molecule has 0 atom stereocenters. The summed E-state index contributed by atoms with van der Waals surface area (Å²) in [5.74, 6) is -0.353. The predicted molar refractivity (Wildman–Crippen MR) is 91.3 cm³/mol. The van der Waals surface area contributed by atoms with Crippen molar-refractivity contribution in [2.45, 2.75) is 44.7 Å². The molecule has 1 N–H and O–H groups in total. The van der Waals surface area contributed by atoms with E-state index in [1.807, 2.05) is 4.90 Å². The summed E-state index contributed by atoms with van der Waals surface area (Å²) in [6.07, 6.45) is 0.186. The van der Waals surface area contributed by atoms with Gasteiger partial charge in [-0.3, -0.25) is 9.59 Å². The molecule has 1 saturated heterocycles. The average Bonchev–Trinajstić information content (AvgIpc) is 3.15. The van der Waals surface area contributed by atoms with E-state index in [-0.39, 0.29) is 29.3 Å². The average molecular weight is 368 g/mol. The molecular formula is C19H23F3N2O2. The maximum absolute atomic E-state index is 12.8. The van der Waals surface area contributed by atoms with Gasteiger partial charge in [0.05, 0.1) is 5.56 Å². The van der Waals surface area contributed by atoms with E-state index in [0.717, 1.165) is 38.1 Å². The highest BCUT2D eigenvalue weighted by molar-refractivity contribution is 5.92. The zero-order chi connectivity index (χ0) is 18.7. The molecule has 1 aliphatic carbocycles. The van der Waals surface area contributed by atoms with Crippen molar-refractivity contribution < 1.29 is 22.8 Å². The number of nitrogens with one attached hydrogen (secondary N) is 1. The van der Waals surface area contributed by atoms with Crippen molar-refractivity contribution in [3.8, 4) is 0 Å². The van der Waals surface area contributed by atoms with Crippen LogP contribution in [0, 0.1) is 11.8 Å². The third-order valence-corrected chi connectivity index (χ3v) is 5.32. The number of benzene rings is 1. The first-order valence-electron chi connectivity index (χ1n) is 9.11. The van der Waals surface area contributed by atoms with E-state index in [9.17, 15) is 22.8 Å². The van der Waals surface area contributed by atoms with Gasteiger partial charge in [-0.25, -0.2) is 0 Å². The Bertz CT molecular complexity index is 661. The molecule has 1 aromatic carbocycles. The maximum atomic E-state index is 12.8. The van der Waals surface area contributed by atoms with Crippen LogP contribution in [-0.2, 0) is 15.8 Å². The Morgan fingerprint density at radius 1 is 1.00 bits per heavy atom. The van der Waals surface area contributed by atoms with E-state index in [1.54, 1.807) is 0 Å². The zero-order valence-electron chi connectivity index (χ0n) is 14.5. The number of alkyl halides is 3. The first-order valence-corrected chi connectivity index (χ1v) is 9.11. The summed E-state index contributed by atoms with van der Waals surface area (Å²) in [5.41, 5.74) is -0.629. The van der Waals surface area contributed by atoms with Crippen LogP contribution >= 0.6 is 0 Å². The Hall–Kier alpha value is -2.05. The van der Waals surface area contributed by atoms with Crippen LogP contribution in [0.5, 0.6) is 0 Å². The SMILES string of the molecule is O=C(Nc1cccc(C(F)(F)F)c1)C1CCC(C(=O)N2CCCC2)CC1. The summed E-state index contributed by atoms with van der Waals surface area (Å²) >= 11 is 0.